The van der Waals surface area contributed by atoms with Crippen molar-refractivity contribution in [2.24, 2.45) is 0 Å². The molecule has 22 heavy (non-hydrogen) atoms. The summed E-state index contributed by atoms with van der Waals surface area (Å²) in [6.45, 7) is 11.2. The zero-order valence-electron chi connectivity index (χ0n) is 12.4. The minimum Gasteiger partial charge on any atom is -0.351 e. The van der Waals surface area contributed by atoms with Crippen LogP contribution in [0, 0.1) is 6.57 Å². The second-order valence-electron chi connectivity index (χ2n) is 5.63. The predicted molar refractivity (Wildman–Crippen MR) is 86.5 cm³/mol. The third kappa shape index (κ3) is 1.98. The molecule has 0 N–H and O–H groups in total. The van der Waals surface area contributed by atoms with E-state index in [9.17, 15) is 0 Å². The van der Waals surface area contributed by atoms with Gasteiger partial charge in [-0.1, -0.05) is 6.07 Å². The number of imidazole rings is 1. The van der Waals surface area contributed by atoms with Gasteiger partial charge in [-0.15, -0.1) is 0 Å². The molecule has 110 valence electrons. The van der Waals surface area contributed by atoms with Crippen molar-refractivity contribution in [2.45, 2.75) is 0 Å². The van der Waals surface area contributed by atoms with Crippen molar-refractivity contribution in [1.82, 2.24) is 19.3 Å². The number of hydrogen-bond acceptors (Lipinski definition) is 4. The molecule has 0 atom stereocenters. The molecule has 2 aromatic heterocycles. The monoisotopic (exact) mass is 292 g/mol. The maximum absolute atomic E-state index is 7.18. The molecule has 3 aromatic rings. The van der Waals surface area contributed by atoms with Crippen molar-refractivity contribution in [3.8, 4) is 0 Å². The van der Waals surface area contributed by atoms with E-state index in [1.54, 1.807) is 6.20 Å². The van der Waals surface area contributed by atoms with Crippen LogP contribution in [0.5, 0.6) is 0 Å². The Morgan fingerprint density at radius 1 is 1.18 bits per heavy atom. The molecule has 0 unspecified atom stereocenters. The van der Waals surface area contributed by atoms with E-state index in [4.69, 9.17) is 11.6 Å². The van der Waals surface area contributed by atoms with E-state index in [-0.39, 0.29) is 0 Å². The highest BCUT2D eigenvalue weighted by Gasteiger charge is 2.20. The maximum atomic E-state index is 7.18. The molecule has 0 aliphatic carbocycles. The number of nitrogens with zero attached hydrogens (tertiary/aromatic N) is 6. The van der Waals surface area contributed by atoms with Crippen LogP contribution in [-0.4, -0.2) is 52.5 Å². The first-order valence-corrected chi connectivity index (χ1v) is 7.34. The van der Waals surface area contributed by atoms with Gasteiger partial charge in [-0.25, -0.2) is 14.8 Å². The van der Waals surface area contributed by atoms with Crippen LogP contribution in [0.15, 0.2) is 30.6 Å². The van der Waals surface area contributed by atoms with Crippen molar-refractivity contribution in [3.05, 3.63) is 42.0 Å². The lowest BCUT2D eigenvalue weighted by Crippen LogP contribution is -2.45. The quantitative estimate of drug-likeness (QED) is 0.645. The summed E-state index contributed by atoms with van der Waals surface area (Å²) in [5.41, 5.74) is 3.31. The van der Waals surface area contributed by atoms with Crippen LogP contribution in [0.3, 0.4) is 0 Å². The van der Waals surface area contributed by atoms with Gasteiger partial charge in [0.2, 0.25) is 0 Å². The standard InChI is InChI=1S/C16H16N6/c1-17-12-3-4-13-14(11-12)22-6-5-18-15(22)16(19-13)21-9-7-20(2)8-10-21/h3-6,11H,7-10H2,2H3. The number of fused-ring (bicyclic) bond motifs is 3. The Kier molecular flexibility index (Phi) is 2.94. The molecule has 6 heteroatoms. The van der Waals surface area contributed by atoms with E-state index >= 15 is 0 Å². The molecule has 1 aliphatic rings. The molecule has 0 spiro atoms. The maximum Gasteiger partial charge on any atom is 0.189 e. The molecule has 0 amide bonds. The largest absolute Gasteiger partial charge is 0.351 e. The molecule has 3 heterocycles. The van der Waals surface area contributed by atoms with Crippen LogP contribution in [0.1, 0.15) is 0 Å². The van der Waals surface area contributed by atoms with Crippen molar-refractivity contribution >= 4 is 28.2 Å². The lowest BCUT2D eigenvalue weighted by Gasteiger charge is -2.33. The SMILES string of the molecule is [C-]#[N+]c1ccc2nc(N3CCN(C)CC3)c3nccn3c2c1. The van der Waals surface area contributed by atoms with Gasteiger partial charge in [-0.2, -0.15) is 0 Å². The van der Waals surface area contributed by atoms with E-state index < -0.39 is 0 Å². The number of likely N-dealkylation sites (N-methyl/N-ethyl adjacent to an activating group) is 1. The van der Waals surface area contributed by atoms with E-state index in [1.165, 1.54) is 0 Å². The van der Waals surface area contributed by atoms with Crippen molar-refractivity contribution in [2.75, 3.05) is 38.1 Å². The molecule has 0 radical (unpaired) electrons. The third-order valence-electron chi connectivity index (χ3n) is 4.22. The first kappa shape index (κ1) is 13.0. The van der Waals surface area contributed by atoms with Gasteiger partial charge in [0.1, 0.15) is 0 Å². The first-order valence-electron chi connectivity index (χ1n) is 7.34. The number of benzene rings is 1. The van der Waals surface area contributed by atoms with E-state index in [0.717, 1.165) is 48.7 Å². The second-order valence-corrected chi connectivity index (χ2v) is 5.63. The van der Waals surface area contributed by atoms with E-state index in [0.29, 0.717) is 5.69 Å². The second kappa shape index (κ2) is 4.97. The van der Waals surface area contributed by atoms with Gasteiger partial charge in [0.25, 0.3) is 0 Å². The zero-order valence-corrected chi connectivity index (χ0v) is 12.4. The number of aromatic nitrogens is 3. The summed E-state index contributed by atoms with van der Waals surface area (Å²) < 4.78 is 2.03. The highest BCUT2D eigenvalue weighted by atomic mass is 15.3. The Morgan fingerprint density at radius 3 is 2.77 bits per heavy atom. The molecular weight excluding hydrogens is 276 g/mol. The zero-order chi connectivity index (χ0) is 15.1. The summed E-state index contributed by atoms with van der Waals surface area (Å²) in [5.74, 6) is 0.932. The van der Waals surface area contributed by atoms with Gasteiger partial charge in [0.05, 0.1) is 17.6 Å². The van der Waals surface area contributed by atoms with Crippen LogP contribution in [0.4, 0.5) is 11.5 Å². The summed E-state index contributed by atoms with van der Waals surface area (Å²) in [6, 6.07) is 5.61. The fourth-order valence-electron chi connectivity index (χ4n) is 2.93. The Balaban J connectivity index is 1.91. The molecular formula is C16H16N6. The van der Waals surface area contributed by atoms with Gasteiger partial charge in [0, 0.05) is 38.6 Å². The predicted octanol–water partition coefficient (Wildman–Crippen LogP) is 2.19. The molecule has 1 aliphatic heterocycles. The molecule has 1 aromatic carbocycles. The van der Waals surface area contributed by atoms with Crippen LogP contribution < -0.4 is 4.90 Å². The average molecular weight is 292 g/mol. The topological polar surface area (TPSA) is 41.0 Å². The van der Waals surface area contributed by atoms with Gasteiger partial charge in [-0.05, 0) is 19.2 Å². The Bertz CT molecular complexity index is 883. The molecule has 0 bridgehead atoms. The van der Waals surface area contributed by atoms with Gasteiger partial charge < -0.3 is 9.80 Å². The molecule has 0 saturated carbocycles. The lowest BCUT2D eigenvalue weighted by atomic mass is 10.2. The lowest BCUT2D eigenvalue weighted by molar-refractivity contribution is 0.312. The molecule has 1 saturated heterocycles. The first-order chi connectivity index (χ1) is 10.8. The van der Waals surface area contributed by atoms with Gasteiger partial charge in [-0.3, -0.25) is 4.40 Å². The molecule has 4 rings (SSSR count). The summed E-state index contributed by atoms with van der Waals surface area (Å²) in [7, 11) is 2.14. The summed E-state index contributed by atoms with van der Waals surface area (Å²) in [5, 5.41) is 0. The van der Waals surface area contributed by atoms with Gasteiger partial charge >= 0.3 is 0 Å². The number of rotatable bonds is 1. The number of anilines is 1. The molecule has 1 fully saturated rings. The smallest absolute Gasteiger partial charge is 0.189 e. The highest BCUT2D eigenvalue weighted by Crippen LogP contribution is 2.27. The Labute approximate surface area is 128 Å². The Morgan fingerprint density at radius 2 is 2.00 bits per heavy atom. The summed E-state index contributed by atoms with van der Waals surface area (Å²) in [4.78, 5) is 17.4. The number of piperazine rings is 1. The fraction of sp³-hybridized carbons (Fsp3) is 0.312. The average Bonchev–Trinajstić information content (AvgIpc) is 3.04. The fourth-order valence-corrected chi connectivity index (χ4v) is 2.93. The molecule has 6 nitrogen and oxygen atoms in total. The minimum absolute atomic E-state index is 0.622. The van der Waals surface area contributed by atoms with Crippen molar-refractivity contribution < 1.29 is 0 Å². The normalized spacial score (nSPS) is 16.3. The Hall–Kier alpha value is -2.65. The van der Waals surface area contributed by atoms with Gasteiger partial charge in [0.15, 0.2) is 17.2 Å². The van der Waals surface area contributed by atoms with E-state index in [2.05, 4.69) is 26.7 Å². The third-order valence-corrected chi connectivity index (χ3v) is 4.22. The summed E-state index contributed by atoms with van der Waals surface area (Å²) >= 11 is 0. The van der Waals surface area contributed by atoms with Crippen LogP contribution in [0.2, 0.25) is 0 Å². The van der Waals surface area contributed by atoms with Crippen molar-refractivity contribution in [1.29, 1.82) is 0 Å². The highest BCUT2D eigenvalue weighted by molar-refractivity contribution is 5.85. The van der Waals surface area contributed by atoms with Crippen molar-refractivity contribution in [3.63, 3.8) is 0 Å². The number of hydrogen-bond donors (Lipinski definition) is 0. The minimum atomic E-state index is 0.622. The summed E-state index contributed by atoms with van der Waals surface area (Å²) in [6.07, 6.45) is 3.73. The van der Waals surface area contributed by atoms with Crippen LogP contribution in [0.25, 0.3) is 21.5 Å². The van der Waals surface area contributed by atoms with Crippen LogP contribution in [-0.2, 0) is 0 Å². The van der Waals surface area contributed by atoms with E-state index in [1.807, 2.05) is 28.8 Å². The van der Waals surface area contributed by atoms with Crippen LogP contribution >= 0.6 is 0 Å².